The van der Waals surface area contributed by atoms with Gasteiger partial charge in [0, 0.05) is 34.1 Å². The molecular weight excluding hydrogens is 507 g/mol. The second-order valence-electron chi connectivity index (χ2n) is 9.10. The van der Waals surface area contributed by atoms with Crippen LogP contribution in [-0.4, -0.2) is 63.2 Å². The highest BCUT2D eigenvalue weighted by Crippen LogP contribution is 2.22. The molecule has 0 heterocycles. The largest absolute Gasteiger partial charge is 0.357 e. The fourth-order valence-corrected chi connectivity index (χ4v) is 4.99. The van der Waals surface area contributed by atoms with E-state index in [4.69, 9.17) is 0 Å². The standard InChI is InChI=1S/C28H33FN4O4S/c1-21-10-12-23(13-11-21)19-32(26(28(35)30-2)18-22-8-6-5-7-9-22)27(34)20-33(38(36,37)31(3)4)25-16-14-24(29)15-17-25/h5-17,26H,18-20H2,1-4H3,(H,30,35)/t26-/m0/s1. The van der Waals surface area contributed by atoms with Crippen molar-refractivity contribution >= 4 is 27.7 Å². The lowest BCUT2D eigenvalue weighted by Gasteiger charge is -2.34. The number of amides is 2. The molecule has 0 saturated carbocycles. The van der Waals surface area contributed by atoms with E-state index < -0.39 is 34.5 Å². The Hall–Kier alpha value is -3.76. The second-order valence-corrected chi connectivity index (χ2v) is 11.2. The lowest BCUT2D eigenvalue weighted by atomic mass is 10.0. The summed E-state index contributed by atoms with van der Waals surface area (Å²) in [5.41, 5.74) is 2.80. The molecule has 0 bridgehead atoms. The number of nitrogens with zero attached hydrogens (tertiary/aromatic N) is 3. The summed E-state index contributed by atoms with van der Waals surface area (Å²) in [5, 5.41) is 2.64. The van der Waals surface area contributed by atoms with E-state index in [1.807, 2.05) is 61.5 Å². The van der Waals surface area contributed by atoms with Crippen LogP contribution in [0.1, 0.15) is 16.7 Å². The topological polar surface area (TPSA) is 90.0 Å². The van der Waals surface area contributed by atoms with Crippen LogP contribution in [0.2, 0.25) is 0 Å². The van der Waals surface area contributed by atoms with Crippen molar-refractivity contribution in [3.63, 3.8) is 0 Å². The van der Waals surface area contributed by atoms with Crippen molar-refractivity contribution in [2.24, 2.45) is 0 Å². The third-order valence-electron chi connectivity index (χ3n) is 6.12. The minimum Gasteiger partial charge on any atom is -0.357 e. The summed E-state index contributed by atoms with van der Waals surface area (Å²) in [7, 11) is 0.0707. The van der Waals surface area contributed by atoms with Gasteiger partial charge in [-0.1, -0.05) is 60.2 Å². The lowest BCUT2D eigenvalue weighted by Crippen LogP contribution is -2.53. The van der Waals surface area contributed by atoms with Crippen molar-refractivity contribution in [1.82, 2.24) is 14.5 Å². The van der Waals surface area contributed by atoms with E-state index in [-0.39, 0.29) is 24.6 Å². The SMILES string of the molecule is CNC(=O)[C@H](Cc1ccccc1)N(Cc1ccc(C)cc1)C(=O)CN(c1ccc(F)cc1)S(=O)(=O)N(C)C. The third-order valence-corrected chi connectivity index (χ3v) is 7.94. The summed E-state index contributed by atoms with van der Waals surface area (Å²) in [6, 6.07) is 20.8. The maximum atomic E-state index is 13.9. The first-order valence-corrected chi connectivity index (χ1v) is 13.5. The Morgan fingerprint density at radius 1 is 0.895 bits per heavy atom. The fourth-order valence-electron chi connectivity index (χ4n) is 3.93. The monoisotopic (exact) mass is 540 g/mol. The molecule has 2 amide bonds. The van der Waals surface area contributed by atoms with Crippen LogP contribution in [0.15, 0.2) is 78.9 Å². The number of benzene rings is 3. The molecule has 0 aliphatic heterocycles. The average molecular weight is 541 g/mol. The second kappa shape index (κ2) is 12.7. The van der Waals surface area contributed by atoms with Crippen LogP contribution < -0.4 is 9.62 Å². The minimum atomic E-state index is -4.13. The van der Waals surface area contributed by atoms with Crippen LogP contribution in [0, 0.1) is 12.7 Å². The van der Waals surface area contributed by atoms with Gasteiger partial charge in [0.25, 0.3) is 0 Å². The number of hydrogen-bond donors (Lipinski definition) is 1. The molecule has 3 aromatic rings. The molecule has 1 atom stereocenters. The molecular formula is C28H33FN4O4S. The minimum absolute atomic E-state index is 0.0866. The number of aryl methyl sites for hydroxylation is 1. The highest BCUT2D eigenvalue weighted by atomic mass is 32.2. The quantitative estimate of drug-likeness (QED) is 0.405. The highest BCUT2D eigenvalue weighted by Gasteiger charge is 2.34. The van der Waals surface area contributed by atoms with Gasteiger partial charge in [-0.3, -0.25) is 9.59 Å². The van der Waals surface area contributed by atoms with Crippen LogP contribution in [0.4, 0.5) is 10.1 Å². The molecule has 3 rings (SSSR count). The zero-order chi connectivity index (χ0) is 27.9. The van der Waals surface area contributed by atoms with Gasteiger partial charge in [0.05, 0.1) is 5.69 Å². The molecule has 10 heteroatoms. The summed E-state index contributed by atoms with van der Waals surface area (Å²) >= 11 is 0. The maximum absolute atomic E-state index is 13.9. The Labute approximate surface area is 223 Å². The molecule has 8 nitrogen and oxygen atoms in total. The van der Waals surface area contributed by atoms with Gasteiger partial charge in [-0.2, -0.15) is 12.7 Å². The normalized spacial score (nSPS) is 12.2. The van der Waals surface area contributed by atoms with Crippen LogP contribution in [0.25, 0.3) is 0 Å². The van der Waals surface area contributed by atoms with Crippen molar-refractivity contribution in [3.8, 4) is 0 Å². The fraction of sp³-hybridized carbons (Fsp3) is 0.286. The molecule has 3 aromatic carbocycles. The Balaban J connectivity index is 2.05. The van der Waals surface area contributed by atoms with Crippen LogP contribution in [0.3, 0.4) is 0 Å². The van der Waals surface area contributed by atoms with Crippen molar-refractivity contribution < 1.29 is 22.4 Å². The smallest absolute Gasteiger partial charge is 0.304 e. The first-order valence-electron chi connectivity index (χ1n) is 12.1. The van der Waals surface area contributed by atoms with E-state index in [1.165, 1.54) is 38.2 Å². The average Bonchev–Trinajstić information content (AvgIpc) is 2.90. The molecule has 202 valence electrons. The molecule has 0 spiro atoms. The molecule has 0 fully saturated rings. The van der Waals surface area contributed by atoms with Gasteiger partial charge in [-0.05, 0) is 42.3 Å². The van der Waals surface area contributed by atoms with E-state index in [9.17, 15) is 22.4 Å². The molecule has 38 heavy (non-hydrogen) atoms. The zero-order valence-electron chi connectivity index (χ0n) is 22.0. The number of carbonyl (C=O) groups is 2. The zero-order valence-corrected chi connectivity index (χ0v) is 22.8. The lowest BCUT2D eigenvalue weighted by molar-refractivity contribution is -0.139. The van der Waals surface area contributed by atoms with Crippen LogP contribution >= 0.6 is 0 Å². The summed E-state index contributed by atoms with van der Waals surface area (Å²) in [6.07, 6.45) is 0.231. The first-order chi connectivity index (χ1) is 18.0. The number of anilines is 1. The molecule has 0 radical (unpaired) electrons. The summed E-state index contributed by atoms with van der Waals surface area (Å²) in [4.78, 5) is 28.5. The van der Waals surface area contributed by atoms with E-state index in [0.29, 0.717) is 0 Å². The Morgan fingerprint density at radius 2 is 1.50 bits per heavy atom. The molecule has 1 N–H and O–H groups in total. The van der Waals surface area contributed by atoms with Crippen LogP contribution in [0.5, 0.6) is 0 Å². The highest BCUT2D eigenvalue weighted by molar-refractivity contribution is 7.90. The Bertz CT molecular complexity index is 1330. The number of nitrogens with one attached hydrogen (secondary N) is 1. The first kappa shape index (κ1) is 28.8. The third kappa shape index (κ3) is 7.17. The van der Waals surface area contributed by atoms with Crippen molar-refractivity contribution in [3.05, 3.63) is 101 Å². The van der Waals surface area contributed by atoms with Crippen LogP contribution in [-0.2, 0) is 32.8 Å². The molecule has 0 aromatic heterocycles. The van der Waals surface area contributed by atoms with Gasteiger partial charge in [0.2, 0.25) is 11.8 Å². The van der Waals surface area contributed by atoms with Gasteiger partial charge < -0.3 is 10.2 Å². The summed E-state index contributed by atoms with van der Waals surface area (Å²) in [5.74, 6) is -1.49. The number of halogens is 1. The van der Waals surface area contributed by atoms with E-state index in [2.05, 4.69) is 5.32 Å². The van der Waals surface area contributed by atoms with Gasteiger partial charge >= 0.3 is 10.2 Å². The number of hydrogen-bond acceptors (Lipinski definition) is 4. The molecule has 0 aliphatic rings. The van der Waals surface area contributed by atoms with Gasteiger partial charge in [-0.15, -0.1) is 0 Å². The van der Waals surface area contributed by atoms with Crippen molar-refractivity contribution in [1.29, 1.82) is 0 Å². The van der Waals surface area contributed by atoms with Crippen molar-refractivity contribution in [2.75, 3.05) is 32.0 Å². The van der Waals surface area contributed by atoms with E-state index >= 15 is 0 Å². The van der Waals surface area contributed by atoms with Gasteiger partial charge in [0.15, 0.2) is 0 Å². The summed E-state index contributed by atoms with van der Waals surface area (Å²) in [6.45, 7) is 1.45. The predicted molar refractivity (Wildman–Crippen MR) is 146 cm³/mol. The number of likely N-dealkylation sites (N-methyl/N-ethyl adjacent to an activating group) is 1. The maximum Gasteiger partial charge on any atom is 0.304 e. The Morgan fingerprint density at radius 3 is 2.05 bits per heavy atom. The van der Waals surface area contributed by atoms with Gasteiger partial charge in [0.1, 0.15) is 18.4 Å². The van der Waals surface area contributed by atoms with Crippen molar-refractivity contribution in [2.45, 2.75) is 25.9 Å². The van der Waals surface area contributed by atoms with E-state index in [1.54, 1.807) is 0 Å². The number of rotatable bonds is 11. The molecule has 0 saturated heterocycles. The van der Waals surface area contributed by atoms with Gasteiger partial charge in [-0.25, -0.2) is 8.70 Å². The Kier molecular flexibility index (Phi) is 9.60. The predicted octanol–water partition coefficient (Wildman–Crippen LogP) is 3.13. The summed E-state index contributed by atoms with van der Waals surface area (Å²) < 4.78 is 42.0. The van der Waals surface area contributed by atoms with E-state index in [0.717, 1.165) is 37.4 Å². The number of carbonyl (C=O) groups excluding carboxylic acids is 2. The molecule has 0 unspecified atom stereocenters. The molecule has 0 aliphatic carbocycles.